The van der Waals surface area contributed by atoms with Crippen molar-refractivity contribution >= 4 is 0 Å². The van der Waals surface area contributed by atoms with Gasteiger partial charge in [0.1, 0.15) is 0 Å². The Kier molecular flexibility index (Phi) is 3.34. The van der Waals surface area contributed by atoms with E-state index in [4.69, 9.17) is 10.5 Å². The summed E-state index contributed by atoms with van der Waals surface area (Å²) in [7, 11) is 0. The van der Waals surface area contributed by atoms with Gasteiger partial charge in [0.15, 0.2) is 0 Å². The summed E-state index contributed by atoms with van der Waals surface area (Å²) in [5.74, 6) is 0.625. The molecule has 15 heavy (non-hydrogen) atoms. The van der Waals surface area contributed by atoms with Gasteiger partial charge in [0.25, 0.3) is 0 Å². The van der Waals surface area contributed by atoms with Crippen molar-refractivity contribution in [1.29, 1.82) is 0 Å². The third-order valence-corrected chi connectivity index (χ3v) is 2.94. The predicted octanol–water partition coefficient (Wildman–Crippen LogP) is 1.82. The summed E-state index contributed by atoms with van der Waals surface area (Å²) in [5.41, 5.74) is 8.46. The smallest absolute Gasteiger partial charge is 0.0495 e. The molecule has 2 heterocycles. The Morgan fingerprint density at radius 1 is 1.60 bits per heavy atom. The lowest BCUT2D eigenvalue weighted by Crippen LogP contribution is -2.16. The zero-order chi connectivity index (χ0) is 10.7. The number of nitrogens with zero attached hydrogens (tertiary/aromatic N) is 1. The number of ether oxygens (including phenoxy) is 1. The second-order valence-corrected chi connectivity index (χ2v) is 4.37. The van der Waals surface area contributed by atoms with Gasteiger partial charge in [0.05, 0.1) is 0 Å². The standard InChI is InChI=1S/C12H18N2O/c1-9-4-11(7-14-6-9)12(13)5-10-2-3-15-8-10/h4,6-7,10,12H,2-3,5,8,13H2,1H3. The number of pyridine rings is 1. The zero-order valence-electron chi connectivity index (χ0n) is 9.15. The van der Waals surface area contributed by atoms with Crippen LogP contribution in [0.5, 0.6) is 0 Å². The van der Waals surface area contributed by atoms with Crippen molar-refractivity contribution in [2.45, 2.75) is 25.8 Å². The summed E-state index contributed by atoms with van der Waals surface area (Å²) in [5, 5.41) is 0. The van der Waals surface area contributed by atoms with Crippen LogP contribution in [0.4, 0.5) is 0 Å². The molecule has 0 radical (unpaired) electrons. The van der Waals surface area contributed by atoms with E-state index >= 15 is 0 Å². The summed E-state index contributed by atoms with van der Waals surface area (Å²) >= 11 is 0. The van der Waals surface area contributed by atoms with Gasteiger partial charge in [-0.15, -0.1) is 0 Å². The lowest BCUT2D eigenvalue weighted by Gasteiger charge is -2.15. The highest BCUT2D eigenvalue weighted by Crippen LogP contribution is 2.24. The van der Waals surface area contributed by atoms with Gasteiger partial charge in [-0.05, 0) is 36.8 Å². The molecule has 82 valence electrons. The van der Waals surface area contributed by atoms with Crippen LogP contribution in [0.25, 0.3) is 0 Å². The minimum absolute atomic E-state index is 0.101. The SMILES string of the molecule is Cc1cncc(C(N)CC2CCOC2)c1. The second kappa shape index (κ2) is 4.73. The van der Waals surface area contributed by atoms with Crippen LogP contribution in [0.2, 0.25) is 0 Å². The molecule has 2 atom stereocenters. The van der Waals surface area contributed by atoms with E-state index in [0.717, 1.165) is 31.6 Å². The van der Waals surface area contributed by atoms with Crippen LogP contribution >= 0.6 is 0 Å². The van der Waals surface area contributed by atoms with Crippen molar-refractivity contribution in [1.82, 2.24) is 4.98 Å². The maximum Gasteiger partial charge on any atom is 0.0495 e. The van der Waals surface area contributed by atoms with Gasteiger partial charge in [-0.1, -0.05) is 6.07 Å². The molecular formula is C12H18N2O. The van der Waals surface area contributed by atoms with Gasteiger partial charge < -0.3 is 10.5 Å². The molecule has 3 heteroatoms. The molecule has 2 unspecified atom stereocenters. The van der Waals surface area contributed by atoms with E-state index in [1.807, 2.05) is 19.3 Å². The van der Waals surface area contributed by atoms with Gasteiger partial charge in [-0.25, -0.2) is 0 Å². The first-order chi connectivity index (χ1) is 7.25. The van der Waals surface area contributed by atoms with Gasteiger partial charge in [0.2, 0.25) is 0 Å². The molecule has 0 bridgehead atoms. The van der Waals surface area contributed by atoms with Crippen LogP contribution in [0.15, 0.2) is 18.5 Å². The Morgan fingerprint density at radius 3 is 3.13 bits per heavy atom. The van der Waals surface area contributed by atoms with Gasteiger partial charge in [-0.2, -0.15) is 0 Å². The first-order valence-electron chi connectivity index (χ1n) is 5.50. The van der Waals surface area contributed by atoms with Gasteiger partial charge in [-0.3, -0.25) is 4.98 Å². The Balaban J connectivity index is 1.97. The fourth-order valence-electron chi connectivity index (χ4n) is 2.05. The number of aromatic nitrogens is 1. The van der Waals surface area contributed by atoms with Gasteiger partial charge in [0, 0.05) is 31.6 Å². The molecule has 2 N–H and O–H groups in total. The molecule has 1 aliphatic rings. The fraction of sp³-hybridized carbons (Fsp3) is 0.583. The monoisotopic (exact) mass is 206 g/mol. The number of aryl methyl sites for hydroxylation is 1. The van der Waals surface area contributed by atoms with Crippen molar-refractivity contribution in [3.05, 3.63) is 29.6 Å². The van der Waals surface area contributed by atoms with E-state index in [-0.39, 0.29) is 6.04 Å². The molecule has 0 saturated carbocycles. The number of rotatable bonds is 3. The van der Waals surface area contributed by atoms with Crippen molar-refractivity contribution in [3.8, 4) is 0 Å². The van der Waals surface area contributed by atoms with E-state index in [0.29, 0.717) is 5.92 Å². The highest BCUT2D eigenvalue weighted by Gasteiger charge is 2.19. The van der Waals surface area contributed by atoms with Crippen molar-refractivity contribution in [2.75, 3.05) is 13.2 Å². The molecule has 0 spiro atoms. The minimum Gasteiger partial charge on any atom is -0.381 e. The van der Waals surface area contributed by atoms with Crippen molar-refractivity contribution in [3.63, 3.8) is 0 Å². The summed E-state index contributed by atoms with van der Waals surface area (Å²) < 4.78 is 5.35. The Morgan fingerprint density at radius 2 is 2.47 bits per heavy atom. The normalized spacial score (nSPS) is 22.9. The van der Waals surface area contributed by atoms with Crippen LogP contribution in [-0.4, -0.2) is 18.2 Å². The molecule has 0 aromatic carbocycles. The molecule has 2 rings (SSSR count). The topological polar surface area (TPSA) is 48.1 Å². The Bertz CT molecular complexity index is 321. The van der Waals surface area contributed by atoms with E-state index in [1.165, 1.54) is 5.56 Å². The average Bonchev–Trinajstić information content (AvgIpc) is 2.70. The van der Waals surface area contributed by atoms with Crippen molar-refractivity contribution < 1.29 is 4.74 Å². The average molecular weight is 206 g/mol. The second-order valence-electron chi connectivity index (χ2n) is 4.37. The van der Waals surface area contributed by atoms with Crippen LogP contribution in [-0.2, 0) is 4.74 Å². The maximum absolute atomic E-state index is 6.15. The lowest BCUT2D eigenvalue weighted by atomic mass is 9.95. The summed E-state index contributed by atoms with van der Waals surface area (Å²) in [6, 6.07) is 2.22. The van der Waals surface area contributed by atoms with Crippen LogP contribution < -0.4 is 5.73 Å². The minimum atomic E-state index is 0.101. The molecule has 1 aromatic rings. The van der Waals surface area contributed by atoms with Crippen molar-refractivity contribution in [2.24, 2.45) is 11.7 Å². The molecule has 0 aliphatic carbocycles. The first-order valence-corrected chi connectivity index (χ1v) is 5.50. The first kappa shape index (κ1) is 10.6. The summed E-state index contributed by atoms with van der Waals surface area (Å²) in [6.45, 7) is 3.80. The third kappa shape index (κ3) is 2.76. The molecule has 1 aliphatic heterocycles. The maximum atomic E-state index is 6.15. The van der Waals surface area contributed by atoms with Crippen LogP contribution in [0, 0.1) is 12.8 Å². The number of nitrogens with two attached hydrogens (primary N) is 1. The van der Waals surface area contributed by atoms with E-state index in [9.17, 15) is 0 Å². The van der Waals surface area contributed by atoms with E-state index < -0.39 is 0 Å². The van der Waals surface area contributed by atoms with Crippen LogP contribution in [0.1, 0.15) is 30.0 Å². The molecule has 3 nitrogen and oxygen atoms in total. The van der Waals surface area contributed by atoms with Crippen LogP contribution in [0.3, 0.4) is 0 Å². The largest absolute Gasteiger partial charge is 0.381 e. The molecule has 0 amide bonds. The highest BCUT2D eigenvalue weighted by molar-refractivity contribution is 5.19. The summed E-state index contributed by atoms with van der Waals surface area (Å²) in [6.07, 6.45) is 5.88. The predicted molar refractivity (Wildman–Crippen MR) is 59.4 cm³/mol. The number of hydrogen-bond donors (Lipinski definition) is 1. The van der Waals surface area contributed by atoms with Gasteiger partial charge >= 0.3 is 0 Å². The zero-order valence-corrected chi connectivity index (χ0v) is 9.15. The third-order valence-electron chi connectivity index (χ3n) is 2.94. The molecular weight excluding hydrogens is 188 g/mol. The molecule has 1 fully saturated rings. The quantitative estimate of drug-likeness (QED) is 0.820. The van der Waals surface area contributed by atoms with E-state index in [2.05, 4.69) is 11.1 Å². The Hall–Kier alpha value is -0.930. The number of hydrogen-bond acceptors (Lipinski definition) is 3. The Labute approximate surface area is 90.7 Å². The molecule has 1 aromatic heterocycles. The summed E-state index contributed by atoms with van der Waals surface area (Å²) in [4.78, 5) is 4.17. The van der Waals surface area contributed by atoms with E-state index in [1.54, 1.807) is 0 Å². The highest BCUT2D eigenvalue weighted by atomic mass is 16.5. The molecule has 1 saturated heterocycles. The lowest BCUT2D eigenvalue weighted by molar-refractivity contribution is 0.182. The fourth-order valence-corrected chi connectivity index (χ4v) is 2.05.